The van der Waals surface area contributed by atoms with E-state index in [1.807, 2.05) is 29.2 Å². The molecule has 1 aliphatic rings. The summed E-state index contributed by atoms with van der Waals surface area (Å²) in [5.74, 6) is 1.44. The second-order valence-electron chi connectivity index (χ2n) is 8.21. The molecule has 0 aliphatic carbocycles. The summed E-state index contributed by atoms with van der Waals surface area (Å²) in [4.78, 5) is 30.8. The fraction of sp³-hybridized carbons (Fsp3) is 0.458. The van der Waals surface area contributed by atoms with Crippen molar-refractivity contribution in [2.24, 2.45) is 5.92 Å². The summed E-state index contributed by atoms with van der Waals surface area (Å²) in [6, 6.07) is 11.5. The van der Waals surface area contributed by atoms with E-state index in [1.54, 1.807) is 31.5 Å². The molecule has 2 amide bonds. The molecule has 1 aromatic heterocycles. The Morgan fingerprint density at radius 2 is 1.83 bits per heavy atom. The normalized spacial score (nSPS) is 15.7. The topological polar surface area (TPSA) is 71.5 Å². The predicted molar refractivity (Wildman–Crippen MR) is 116 cm³/mol. The predicted octanol–water partition coefficient (Wildman–Crippen LogP) is 3.64. The Morgan fingerprint density at radius 1 is 1.13 bits per heavy atom. The molecule has 1 unspecified atom stereocenters. The van der Waals surface area contributed by atoms with E-state index in [0.29, 0.717) is 42.8 Å². The number of hydrogen-bond acceptors (Lipinski definition) is 4. The number of carbonyl (C=O) groups is 2. The van der Waals surface area contributed by atoms with Gasteiger partial charge in [0.15, 0.2) is 6.10 Å². The number of benzene rings is 1. The zero-order valence-corrected chi connectivity index (χ0v) is 18.0. The van der Waals surface area contributed by atoms with Gasteiger partial charge in [-0.15, -0.1) is 0 Å². The summed E-state index contributed by atoms with van der Waals surface area (Å²) in [5.41, 5.74) is 1.87. The van der Waals surface area contributed by atoms with Crippen molar-refractivity contribution in [1.82, 2.24) is 15.2 Å². The second-order valence-corrected chi connectivity index (χ2v) is 8.21. The molecule has 30 heavy (non-hydrogen) atoms. The van der Waals surface area contributed by atoms with Gasteiger partial charge in [-0.3, -0.25) is 14.6 Å². The van der Waals surface area contributed by atoms with Gasteiger partial charge < -0.3 is 15.0 Å². The maximum absolute atomic E-state index is 12.5. The van der Waals surface area contributed by atoms with Gasteiger partial charge in [0.05, 0.1) is 5.56 Å². The molecule has 0 saturated carbocycles. The van der Waals surface area contributed by atoms with Crippen molar-refractivity contribution in [2.45, 2.75) is 45.6 Å². The van der Waals surface area contributed by atoms with E-state index in [-0.39, 0.29) is 11.8 Å². The number of hydrogen-bond donors (Lipinski definition) is 1. The summed E-state index contributed by atoms with van der Waals surface area (Å²) in [7, 11) is 0. The second kappa shape index (κ2) is 10.2. The first-order chi connectivity index (χ1) is 14.4. The molecule has 160 valence electrons. The fourth-order valence-corrected chi connectivity index (χ4v) is 3.59. The molecule has 1 fully saturated rings. The van der Waals surface area contributed by atoms with Gasteiger partial charge in [-0.1, -0.05) is 26.0 Å². The van der Waals surface area contributed by atoms with Crippen LogP contribution in [0.25, 0.3) is 0 Å². The van der Waals surface area contributed by atoms with Crippen molar-refractivity contribution < 1.29 is 14.3 Å². The Kier molecular flexibility index (Phi) is 7.44. The molecule has 1 aliphatic heterocycles. The van der Waals surface area contributed by atoms with Crippen LogP contribution in [0.15, 0.2) is 48.8 Å². The van der Waals surface area contributed by atoms with E-state index in [2.05, 4.69) is 24.1 Å². The number of amides is 2. The molecule has 3 rings (SSSR count). The number of ether oxygens (including phenoxy) is 1. The third kappa shape index (κ3) is 5.81. The van der Waals surface area contributed by atoms with Gasteiger partial charge in [-0.25, -0.2) is 0 Å². The zero-order chi connectivity index (χ0) is 21.5. The van der Waals surface area contributed by atoms with Crippen LogP contribution in [-0.2, 0) is 4.79 Å². The van der Waals surface area contributed by atoms with Gasteiger partial charge in [0, 0.05) is 32.0 Å². The molecule has 1 N–H and O–H groups in total. The molecular weight excluding hydrogens is 378 g/mol. The van der Waals surface area contributed by atoms with Crippen molar-refractivity contribution in [3.63, 3.8) is 0 Å². The van der Waals surface area contributed by atoms with E-state index < -0.39 is 6.10 Å². The van der Waals surface area contributed by atoms with Gasteiger partial charge in [0.25, 0.3) is 11.8 Å². The largest absolute Gasteiger partial charge is 0.481 e. The number of rotatable bonds is 7. The maximum atomic E-state index is 12.5. The molecule has 1 atom stereocenters. The minimum Gasteiger partial charge on any atom is -0.481 e. The van der Waals surface area contributed by atoms with Crippen LogP contribution in [0, 0.1) is 5.92 Å². The smallest absolute Gasteiger partial charge is 0.260 e. The molecule has 6 nitrogen and oxygen atoms in total. The van der Waals surface area contributed by atoms with Crippen LogP contribution in [-0.4, -0.2) is 47.4 Å². The minimum atomic E-state index is -0.554. The third-order valence-electron chi connectivity index (χ3n) is 5.60. The average Bonchev–Trinajstić information content (AvgIpc) is 2.78. The summed E-state index contributed by atoms with van der Waals surface area (Å²) in [5, 5.41) is 3.00. The molecule has 6 heteroatoms. The van der Waals surface area contributed by atoms with Crippen LogP contribution in [0.5, 0.6) is 5.75 Å². The highest BCUT2D eigenvalue weighted by molar-refractivity contribution is 5.93. The summed E-state index contributed by atoms with van der Waals surface area (Å²) >= 11 is 0. The van der Waals surface area contributed by atoms with Gasteiger partial charge >= 0.3 is 0 Å². The number of carbonyl (C=O) groups excluding carboxylic acids is 2. The van der Waals surface area contributed by atoms with E-state index in [0.717, 1.165) is 12.8 Å². The first kappa shape index (κ1) is 21.8. The van der Waals surface area contributed by atoms with Crippen LogP contribution in [0.2, 0.25) is 0 Å². The van der Waals surface area contributed by atoms with Gasteiger partial charge in [0.1, 0.15) is 5.75 Å². The first-order valence-electron chi connectivity index (χ1n) is 10.7. The summed E-state index contributed by atoms with van der Waals surface area (Å²) < 4.78 is 5.78. The number of likely N-dealkylation sites (tertiary alicyclic amines) is 1. The Bertz CT molecular complexity index is 829. The van der Waals surface area contributed by atoms with Gasteiger partial charge in [0.2, 0.25) is 0 Å². The monoisotopic (exact) mass is 409 g/mol. The average molecular weight is 410 g/mol. The standard InChI is InChI=1S/C24H31N3O3/c1-17(2)20-6-8-22(9-7-20)30-18(3)23(28)26-15-19-10-13-27(14-11-19)24(29)21-5-4-12-25-16-21/h4-9,12,16-19H,10-11,13-15H2,1-3H3,(H,26,28). The van der Waals surface area contributed by atoms with Crippen molar-refractivity contribution in [3.8, 4) is 5.75 Å². The summed E-state index contributed by atoms with van der Waals surface area (Å²) in [6.07, 6.45) is 4.46. The Morgan fingerprint density at radius 3 is 2.43 bits per heavy atom. The van der Waals surface area contributed by atoms with Gasteiger partial charge in [-0.2, -0.15) is 0 Å². The SMILES string of the molecule is CC(Oc1ccc(C(C)C)cc1)C(=O)NCC1CCN(C(=O)c2cccnc2)CC1. The van der Waals surface area contributed by atoms with Gasteiger partial charge in [-0.05, 0) is 61.4 Å². The molecule has 0 bridgehead atoms. The molecular formula is C24H31N3O3. The lowest BCUT2D eigenvalue weighted by Crippen LogP contribution is -2.43. The van der Waals surface area contributed by atoms with Crippen LogP contribution >= 0.6 is 0 Å². The molecule has 2 heterocycles. The highest BCUT2D eigenvalue weighted by atomic mass is 16.5. The molecule has 0 radical (unpaired) electrons. The van der Waals surface area contributed by atoms with Crippen LogP contribution in [0.4, 0.5) is 0 Å². The molecule has 0 spiro atoms. The number of aromatic nitrogens is 1. The summed E-state index contributed by atoms with van der Waals surface area (Å²) in [6.45, 7) is 8.05. The van der Waals surface area contributed by atoms with Crippen molar-refractivity contribution in [2.75, 3.05) is 19.6 Å². The molecule has 1 aromatic carbocycles. The Balaban J connectivity index is 1.40. The van der Waals surface area contributed by atoms with E-state index in [4.69, 9.17) is 4.74 Å². The minimum absolute atomic E-state index is 0.0242. The first-order valence-corrected chi connectivity index (χ1v) is 10.7. The van der Waals surface area contributed by atoms with E-state index in [9.17, 15) is 9.59 Å². The number of pyridine rings is 1. The lowest BCUT2D eigenvalue weighted by atomic mass is 9.96. The quantitative estimate of drug-likeness (QED) is 0.758. The number of nitrogens with zero attached hydrogens (tertiary/aromatic N) is 2. The number of piperidine rings is 1. The fourth-order valence-electron chi connectivity index (χ4n) is 3.59. The van der Waals surface area contributed by atoms with E-state index >= 15 is 0 Å². The van der Waals surface area contributed by atoms with Crippen molar-refractivity contribution in [1.29, 1.82) is 0 Å². The van der Waals surface area contributed by atoms with Crippen LogP contribution in [0.1, 0.15) is 55.5 Å². The lowest BCUT2D eigenvalue weighted by Gasteiger charge is -2.32. The Labute approximate surface area is 178 Å². The third-order valence-corrected chi connectivity index (χ3v) is 5.60. The number of nitrogens with one attached hydrogen (secondary N) is 1. The zero-order valence-electron chi connectivity index (χ0n) is 18.0. The molecule has 1 saturated heterocycles. The van der Waals surface area contributed by atoms with Crippen molar-refractivity contribution >= 4 is 11.8 Å². The Hall–Kier alpha value is -2.89. The maximum Gasteiger partial charge on any atom is 0.260 e. The lowest BCUT2D eigenvalue weighted by molar-refractivity contribution is -0.127. The van der Waals surface area contributed by atoms with Crippen LogP contribution < -0.4 is 10.1 Å². The van der Waals surface area contributed by atoms with Crippen LogP contribution in [0.3, 0.4) is 0 Å². The van der Waals surface area contributed by atoms with E-state index in [1.165, 1.54) is 5.56 Å². The van der Waals surface area contributed by atoms with Crippen molar-refractivity contribution in [3.05, 3.63) is 59.9 Å². The highest BCUT2D eigenvalue weighted by Crippen LogP contribution is 2.20. The molecule has 2 aromatic rings. The highest BCUT2D eigenvalue weighted by Gasteiger charge is 2.24.